The van der Waals surface area contributed by atoms with Crippen LogP contribution in [0.25, 0.3) is 0 Å². The van der Waals surface area contributed by atoms with Crippen molar-refractivity contribution in [2.75, 3.05) is 5.75 Å². The Bertz CT molecular complexity index is 893. The zero-order chi connectivity index (χ0) is 23.0. The van der Waals surface area contributed by atoms with Gasteiger partial charge in [0.05, 0.1) is 5.75 Å². The average Bonchev–Trinajstić information content (AvgIpc) is 2.73. The van der Waals surface area contributed by atoms with Crippen LogP contribution >= 0.6 is 35.0 Å². The molecular formula is C23H27Cl2FN2O2S. The molecule has 0 saturated heterocycles. The van der Waals surface area contributed by atoms with Gasteiger partial charge in [-0.25, -0.2) is 4.39 Å². The van der Waals surface area contributed by atoms with Gasteiger partial charge in [-0.2, -0.15) is 0 Å². The monoisotopic (exact) mass is 484 g/mol. The van der Waals surface area contributed by atoms with Gasteiger partial charge in [0.15, 0.2) is 0 Å². The molecule has 0 fully saturated rings. The van der Waals surface area contributed by atoms with E-state index in [1.807, 2.05) is 19.9 Å². The van der Waals surface area contributed by atoms with Crippen LogP contribution in [-0.4, -0.2) is 34.6 Å². The van der Waals surface area contributed by atoms with E-state index in [9.17, 15) is 14.0 Å². The lowest BCUT2D eigenvalue weighted by molar-refractivity contribution is -0.138. The second-order valence-electron chi connectivity index (χ2n) is 7.34. The fourth-order valence-corrected chi connectivity index (χ4v) is 4.34. The summed E-state index contributed by atoms with van der Waals surface area (Å²) >= 11 is 13.4. The highest BCUT2D eigenvalue weighted by atomic mass is 35.5. The third-order valence-electron chi connectivity index (χ3n) is 4.94. The Morgan fingerprint density at radius 3 is 2.52 bits per heavy atom. The van der Waals surface area contributed by atoms with E-state index in [2.05, 4.69) is 5.32 Å². The third-order valence-corrected chi connectivity index (χ3v) is 6.48. The molecule has 0 bridgehead atoms. The Labute approximate surface area is 197 Å². The molecule has 0 unspecified atom stereocenters. The number of carbonyl (C=O) groups excluding carboxylic acids is 2. The number of benzene rings is 2. The molecular weight excluding hydrogens is 458 g/mol. The highest BCUT2D eigenvalue weighted by molar-refractivity contribution is 7.99. The van der Waals surface area contributed by atoms with Crippen molar-refractivity contribution in [3.8, 4) is 0 Å². The zero-order valence-electron chi connectivity index (χ0n) is 17.8. The van der Waals surface area contributed by atoms with Crippen molar-refractivity contribution < 1.29 is 14.0 Å². The second kappa shape index (κ2) is 12.3. The normalized spacial score (nSPS) is 12.8. The SMILES string of the molecule is CC[C@@H](C)NC(=O)[C@H](C)N(Cc1cccc(Cl)c1)C(=O)CSCc1c(F)cccc1Cl. The van der Waals surface area contributed by atoms with Crippen LogP contribution in [0.2, 0.25) is 10.0 Å². The Hall–Kier alpha value is -1.76. The topological polar surface area (TPSA) is 49.4 Å². The Balaban J connectivity index is 2.12. The highest BCUT2D eigenvalue weighted by Gasteiger charge is 2.27. The molecule has 2 amide bonds. The van der Waals surface area contributed by atoms with E-state index in [-0.39, 0.29) is 35.9 Å². The molecule has 4 nitrogen and oxygen atoms in total. The Kier molecular flexibility index (Phi) is 10.1. The number of nitrogens with one attached hydrogen (secondary N) is 1. The van der Waals surface area contributed by atoms with Gasteiger partial charge in [-0.05, 0) is 50.1 Å². The molecule has 0 radical (unpaired) electrons. The van der Waals surface area contributed by atoms with E-state index in [1.165, 1.54) is 22.7 Å². The van der Waals surface area contributed by atoms with Crippen LogP contribution in [-0.2, 0) is 21.9 Å². The van der Waals surface area contributed by atoms with Crippen molar-refractivity contribution in [1.29, 1.82) is 0 Å². The van der Waals surface area contributed by atoms with Crippen LogP contribution in [0, 0.1) is 5.82 Å². The molecule has 31 heavy (non-hydrogen) atoms. The summed E-state index contributed by atoms with van der Waals surface area (Å²) in [6.07, 6.45) is 0.792. The van der Waals surface area contributed by atoms with E-state index < -0.39 is 11.9 Å². The number of thioether (sulfide) groups is 1. The van der Waals surface area contributed by atoms with E-state index in [0.29, 0.717) is 15.6 Å². The summed E-state index contributed by atoms with van der Waals surface area (Å²) in [5.74, 6) is -0.484. The molecule has 0 spiro atoms. The first kappa shape index (κ1) is 25.5. The van der Waals surface area contributed by atoms with Gasteiger partial charge in [-0.15, -0.1) is 11.8 Å². The van der Waals surface area contributed by atoms with E-state index >= 15 is 0 Å². The maximum absolute atomic E-state index is 14.0. The predicted molar refractivity (Wildman–Crippen MR) is 127 cm³/mol. The quantitative estimate of drug-likeness (QED) is 0.470. The van der Waals surface area contributed by atoms with Crippen LogP contribution in [0.1, 0.15) is 38.3 Å². The lowest BCUT2D eigenvalue weighted by atomic mass is 10.1. The number of halogens is 3. The fraction of sp³-hybridized carbons (Fsp3) is 0.391. The van der Waals surface area contributed by atoms with Gasteiger partial charge < -0.3 is 10.2 Å². The van der Waals surface area contributed by atoms with Gasteiger partial charge in [0.1, 0.15) is 11.9 Å². The molecule has 0 aliphatic carbocycles. The van der Waals surface area contributed by atoms with Gasteiger partial charge in [-0.1, -0.05) is 48.3 Å². The molecule has 2 aromatic rings. The van der Waals surface area contributed by atoms with Crippen molar-refractivity contribution in [3.63, 3.8) is 0 Å². The number of amides is 2. The molecule has 8 heteroatoms. The predicted octanol–water partition coefficient (Wildman–Crippen LogP) is 5.70. The van der Waals surface area contributed by atoms with Crippen LogP contribution in [0.15, 0.2) is 42.5 Å². The minimum atomic E-state index is -0.668. The van der Waals surface area contributed by atoms with Crippen LogP contribution < -0.4 is 5.32 Å². The maximum Gasteiger partial charge on any atom is 0.242 e. The number of rotatable bonds is 10. The van der Waals surface area contributed by atoms with Gasteiger partial charge >= 0.3 is 0 Å². The highest BCUT2D eigenvalue weighted by Crippen LogP contribution is 2.24. The smallest absolute Gasteiger partial charge is 0.242 e. The molecule has 2 atom stereocenters. The second-order valence-corrected chi connectivity index (χ2v) is 9.17. The van der Waals surface area contributed by atoms with Gasteiger partial charge in [-0.3, -0.25) is 9.59 Å². The summed E-state index contributed by atoms with van der Waals surface area (Å²) in [7, 11) is 0. The van der Waals surface area contributed by atoms with E-state index in [4.69, 9.17) is 23.2 Å². The van der Waals surface area contributed by atoms with Crippen molar-refractivity contribution in [2.24, 2.45) is 0 Å². The van der Waals surface area contributed by atoms with Gasteiger partial charge in [0.2, 0.25) is 11.8 Å². The lowest BCUT2D eigenvalue weighted by Crippen LogP contribution is -2.50. The average molecular weight is 485 g/mol. The zero-order valence-corrected chi connectivity index (χ0v) is 20.2. The van der Waals surface area contributed by atoms with Gasteiger partial charge in [0, 0.05) is 33.9 Å². The molecule has 168 valence electrons. The van der Waals surface area contributed by atoms with Crippen LogP contribution in [0.3, 0.4) is 0 Å². The van der Waals surface area contributed by atoms with Gasteiger partial charge in [0.25, 0.3) is 0 Å². The summed E-state index contributed by atoms with van der Waals surface area (Å²) < 4.78 is 14.0. The fourth-order valence-electron chi connectivity index (χ4n) is 2.87. The minimum absolute atomic E-state index is 0.00986. The first-order valence-corrected chi connectivity index (χ1v) is 12.0. The van der Waals surface area contributed by atoms with Crippen molar-refractivity contribution in [3.05, 3.63) is 69.5 Å². The first-order chi connectivity index (χ1) is 14.7. The van der Waals surface area contributed by atoms with Crippen molar-refractivity contribution >= 4 is 46.8 Å². The minimum Gasteiger partial charge on any atom is -0.352 e. The van der Waals surface area contributed by atoms with Crippen LogP contribution in [0.4, 0.5) is 4.39 Å². The molecule has 0 aliphatic rings. The Morgan fingerprint density at radius 2 is 1.87 bits per heavy atom. The van der Waals surface area contributed by atoms with Crippen LogP contribution in [0.5, 0.6) is 0 Å². The summed E-state index contributed by atoms with van der Waals surface area (Å²) in [5.41, 5.74) is 1.19. The number of nitrogens with zero attached hydrogens (tertiary/aromatic N) is 1. The molecule has 0 aliphatic heterocycles. The summed E-state index contributed by atoms with van der Waals surface area (Å²) in [6.45, 7) is 5.85. The summed E-state index contributed by atoms with van der Waals surface area (Å²) in [5, 5.41) is 3.82. The number of carbonyl (C=O) groups is 2. The van der Waals surface area contributed by atoms with Crippen molar-refractivity contribution in [2.45, 2.75) is 51.6 Å². The molecule has 0 heterocycles. The molecule has 1 N–H and O–H groups in total. The lowest BCUT2D eigenvalue weighted by Gasteiger charge is -2.29. The molecule has 2 rings (SSSR count). The maximum atomic E-state index is 14.0. The largest absolute Gasteiger partial charge is 0.352 e. The molecule has 0 saturated carbocycles. The summed E-state index contributed by atoms with van der Waals surface area (Å²) in [6, 6.07) is 11.0. The third kappa shape index (κ3) is 7.70. The van der Waals surface area contributed by atoms with E-state index in [0.717, 1.165) is 12.0 Å². The Morgan fingerprint density at radius 1 is 1.16 bits per heavy atom. The molecule has 0 aromatic heterocycles. The first-order valence-electron chi connectivity index (χ1n) is 10.1. The standard InChI is InChI=1S/C23H27Cl2FN2O2S/c1-4-15(2)27-23(30)16(3)28(12-17-7-5-8-18(24)11-17)22(29)14-31-13-19-20(25)9-6-10-21(19)26/h5-11,15-16H,4,12-14H2,1-3H3,(H,27,30)/t15-,16+/m1/s1. The van der Waals surface area contributed by atoms with E-state index in [1.54, 1.807) is 37.3 Å². The summed E-state index contributed by atoms with van der Waals surface area (Å²) in [4.78, 5) is 27.3. The van der Waals surface area contributed by atoms with Crippen molar-refractivity contribution in [1.82, 2.24) is 10.2 Å². The number of hydrogen-bond donors (Lipinski definition) is 1. The molecule has 2 aromatic carbocycles. The number of hydrogen-bond acceptors (Lipinski definition) is 3.